The third kappa shape index (κ3) is 5.25. The molecule has 2 heterocycles. The van der Waals surface area contributed by atoms with E-state index in [-0.39, 0.29) is 0 Å². The van der Waals surface area contributed by atoms with E-state index < -0.39 is 63.8 Å². The van der Waals surface area contributed by atoms with Crippen LogP contribution < -0.4 is 25.9 Å². The van der Waals surface area contributed by atoms with E-state index in [0.717, 1.165) is 16.8 Å². The maximum Gasteiger partial charge on any atom is 0.363 e. The summed E-state index contributed by atoms with van der Waals surface area (Å²) in [5.74, 6) is -1.64. The molecule has 15 heteroatoms. The Labute approximate surface area is 139 Å². The molecule has 2 rings (SSSR count). The SMILES string of the molecule is O=c1ccn([C@@H]2O[C@H](COP(=O)(O)C[P+]([O-])([O-])[O-])[C@@H](O)[C@H]2O)c(=O)[nH]1. The third-order valence-corrected chi connectivity index (χ3v) is 6.62. The molecule has 0 amide bonds. The maximum atomic E-state index is 11.7. The number of hydrogen-bond acceptors (Lipinski definition) is 10. The van der Waals surface area contributed by atoms with Crippen molar-refractivity contribution in [2.45, 2.75) is 24.5 Å². The first-order chi connectivity index (χ1) is 11.4. The van der Waals surface area contributed by atoms with Crippen LogP contribution in [0.25, 0.3) is 0 Å². The van der Waals surface area contributed by atoms with Crippen LogP contribution in [-0.4, -0.2) is 55.5 Å². The molecule has 1 aromatic rings. The van der Waals surface area contributed by atoms with E-state index in [0.29, 0.717) is 0 Å². The van der Waals surface area contributed by atoms with Crippen molar-refractivity contribution in [3.05, 3.63) is 33.1 Å². The minimum atomic E-state index is -5.32. The molecule has 0 aromatic carbocycles. The highest BCUT2D eigenvalue weighted by molar-refractivity contribution is 7.71. The Morgan fingerprint density at radius 1 is 1.32 bits per heavy atom. The van der Waals surface area contributed by atoms with Crippen LogP contribution in [0.4, 0.5) is 0 Å². The summed E-state index contributed by atoms with van der Waals surface area (Å²) in [5.41, 5.74) is -1.63. The molecule has 13 nitrogen and oxygen atoms in total. The van der Waals surface area contributed by atoms with Gasteiger partial charge in [0.05, 0.1) is 6.61 Å². The highest BCUT2D eigenvalue weighted by Crippen LogP contribution is 2.53. The van der Waals surface area contributed by atoms with E-state index in [4.69, 9.17) is 4.74 Å². The van der Waals surface area contributed by atoms with E-state index in [9.17, 15) is 43.9 Å². The molecule has 1 aliphatic heterocycles. The minimum absolute atomic E-state index is 0.699. The second kappa shape index (κ2) is 7.33. The Bertz CT molecular complexity index is 771. The lowest BCUT2D eigenvalue weighted by Crippen LogP contribution is -2.37. The number of aromatic nitrogens is 2. The molecule has 25 heavy (non-hydrogen) atoms. The van der Waals surface area contributed by atoms with Crippen LogP contribution in [0.15, 0.2) is 21.9 Å². The molecule has 1 aliphatic rings. The maximum absolute atomic E-state index is 11.7. The quantitative estimate of drug-likeness (QED) is 0.332. The van der Waals surface area contributed by atoms with Crippen LogP contribution in [0.5, 0.6) is 0 Å². The van der Waals surface area contributed by atoms with Gasteiger partial charge in [-0.2, -0.15) is 7.94 Å². The third-order valence-electron chi connectivity index (χ3n) is 3.25. The lowest BCUT2D eigenvalue weighted by atomic mass is 10.1. The van der Waals surface area contributed by atoms with E-state index in [1.807, 2.05) is 4.98 Å². The molecule has 1 saturated heterocycles. The van der Waals surface area contributed by atoms with Crippen molar-refractivity contribution in [3.63, 3.8) is 0 Å². The van der Waals surface area contributed by atoms with Crippen LogP contribution in [-0.2, 0) is 13.8 Å². The van der Waals surface area contributed by atoms with Crippen molar-refractivity contribution in [3.8, 4) is 0 Å². The first kappa shape index (κ1) is 20.3. The standard InChI is InChI=1S/C10H16N2O11P2/c13-6-1-2-12(10(16)11-6)9-8(15)7(14)5(23-9)3-22-25(20,21)4-24(17,18)19/h1-2,5,7-9,14-15H,3-4H2,(H,20,21)(H,11,13,16)(H2,17,18,19)/p-2/t5-,7-,8-,9-/m1/s1. The fourth-order valence-corrected chi connectivity index (χ4v) is 4.63. The van der Waals surface area contributed by atoms with E-state index in [1.165, 1.54) is 0 Å². The molecule has 0 aliphatic carbocycles. The zero-order chi connectivity index (χ0) is 19.0. The number of rotatable bonds is 6. The highest BCUT2D eigenvalue weighted by Gasteiger charge is 2.45. The Balaban J connectivity index is 2.08. The molecule has 4 N–H and O–H groups in total. The molecular formula is C10H14N2O11P2-2. The molecule has 0 spiro atoms. The van der Waals surface area contributed by atoms with Crippen molar-refractivity contribution < 1.29 is 43.6 Å². The molecule has 142 valence electrons. The van der Waals surface area contributed by atoms with Crippen LogP contribution in [0, 0.1) is 0 Å². The summed E-state index contributed by atoms with van der Waals surface area (Å²) in [6.07, 6.45) is -5.14. The molecule has 5 atom stereocenters. The van der Waals surface area contributed by atoms with Crippen LogP contribution in [0.2, 0.25) is 0 Å². The molecule has 1 unspecified atom stereocenters. The summed E-state index contributed by atoms with van der Waals surface area (Å²) in [6, 6.07) is 0.968. The van der Waals surface area contributed by atoms with Crippen LogP contribution >= 0.6 is 15.5 Å². The topological polar surface area (TPSA) is 220 Å². The molecule has 1 aromatic heterocycles. The van der Waals surface area contributed by atoms with Crippen LogP contribution in [0.1, 0.15) is 6.23 Å². The van der Waals surface area contributed by atoms with Gasteiger partial charge in [0.15, 0.2) is 6.23 Å². The van der Waals surface area contributed by atoms with Gasteiger partial charge in [-0.05, 0) is 0 Å². The lowest BCUT2D eigenvalue weighted by Gasteiger charge is -2.42. The number of aliphatic hydroxyl groups is 2. The number of hydrogen-bond donors (Lipinski definition) is 4. The van der Waals surface area contributed by atoms with Gasteiger partial charge in [0.2, 0.25) is 0 Å². The summed E-state index contributed by atoms with van der Waals surface area (Å²) < 4.78 is 21.9. The summed E-state index contributed by atoms with van der Waals surface area (Å²) in [7, 11) is -10.1. The Kier molecular flexibility index (Phi) is 5.96. The second-order valence-corrected chi connectivity index (χ2v) is 9.14. The number of aromatic amines is 1. The zero-order valence-corrected chi connectivity index (χ0v) is 14.1. The molecular weight excluding hydrogens is 386 g/mol. The minimum Gasteiger partial charge on any atom is -0.687 e. The van der Waals surface area contributed by atoms with Crippen molar-refractivity contribution >= 4 is 15.5 Å². The number of ether oxygens (including phenoxy) is 1. The lowest BCUT2D eigenvalue weighted by molar-refractivity contribution is -0.426. The predicted octanol–water partition coefficient (Wildman–Crippen LogP) is -4.84. The van der Waals surface area contributed by atoms with E-state index in [2.05, 4.69) is 4.52 Å². The van der Waals surface area contributed by atoms with Crippen LogP contribution in [0.3, 0.4) is 0 Å². The van der Waals surface area contributed by atoms with Crippen molar-refractivity contribution in [2.24, 2.45) is 0 Å². The van der Waals surface area contributed by atoms with Gasteiger partial charge in [0.1, 0.15) is 24.2 Å². The summed E-state index contributed by atoms with van der Waals surface area (Å²) in [5, 5.41) is 19.8. The first-order valence-corrected chi connectivity index (χ1v) is 10.2. The van der Waals surface area contributed by atoms with Gasteiger partial charge >= 0.3 is 13.3 Å². The van der Waals surface area contributed by atoms with Gasteiger partial charge in [-0.25, -0.2) is 4.79 Å². The van der Waals surface area contributed by atoms with Gasteiger partial charge in [0, 0.05) is 12.3 Å². The Hall–Kier alpha value is -0.980. The second-order valence-electron chi connectivity index (χ2n) is 5.25. The summed E-state index contributed by atoms with van der Waals surface area (Å²) in [4.78, 5) is 65.5. The Morgan fingerprint density at radius 2 is 1.96 bits per heavy atom. The summed E-state index contributed by atoms with van der Waals surface area (Å²) >= 11 is 0. The number of nitrogens with zero attached hydrogens (tertiary/aromatic N) is 1. The molecule has 0 radical (unpaired) electrons. The average molecular weight is 400 g/mol. The fourth-order valence-electron chi connectivity index (χ4n) is 2.17. The van der Waals surface area contributed by atoms with Gasteiger partial charge in [-0.1, -0.05) is 0 Å². The van der Waals surface area contributed by atoms with E-state index in [1.54, 1.807) is 0 Å². The van der Waals surface area contributed by atoms with Crippen molar-refractivity contribution in [1.29, 1.82) is 0 Å². The number of aliphatic hydroxyl groups excluding tert-OH is 2. The van der Waals surface area contributed by atoms with E-state index >= 15 is 0 Å². The first-order valence-electron chi connectivity index (χ1n) is 6.70. The number of nitrogens with one attached hydrogen (secondary N) is 1. The zero-order valence-electron chi connectivity index (χ0n) is 12.3. The van der Waals surface area contributed by atoms with Crippen molar-refractivity contribution in [1.82, 2.24) is 9.55 Å². The van der Waals surface area contributed by atoms with Gasteiger partial charge in [-0.3, -0.25) is 18.9 Å². The number of H-pyrrole nitrogens is 1. The molecule has 0 bridgehead atoms. The smallest absolute Gasteiger partial charge is 0.363 e. The van der Waals surface area contributed by atoms with Gasteiger partial charge in [-0.15, -0.1) is 0 Å². The normalized spacial score (nSPS) is 29.5. The fraction of sp³-hybridized carbons (Fsp3) is 0.600. The van der Waals surface area contributed by atoms with Gasteiger partial charge in [0.25, 0.3) is 5.56 Å². The Morgan fingerprint density at radius 3 is 2.52 bits per heavy atom. The largest absolute Gasteiger partial charge is 0.687 e. The summed E-state index contributed by atoms with van der Waals surface area (Å²) in [6.45, 7) is -0.833. The predicted molar refractivity (Wildman–Crippen MR) is 74.8 cm³/mol. The average Bonchev–Trinajstić information content (AvgIpc) is 2.71. The highest BCUT2D eigenvalue weighted by atomic mass is 31.3. The van der Waals surface area contributed by atoms with Gasteiger partial charge < -0.3 is 39.0 Å². The van der Waals surface area contributed by atoms with Crippen molar-refractivity contribution in [2.75, 3.05) is 12.5 Å². The molecule has 1 fully saturated rings. The monoisotopic (exact) mass is 400 g/mol. The molecule has 0 saturated carbocycles.